The first-order chi connectivity index (χ1) is 16.0. The van der Waals surface area contributed by atoms with Gasteiger partial charge in [-0.15, -0.1) is 5.10 Å². The van der Waals surface area contributed by atoms with Crippen LogP contribution in [-0.2, 0) is 4.79 Å². The van der Waals surface area contributed by atoms with Crippen LogP contribution in [0.1, 0.15) is 18.5 Å². The van der Waals surface area contributed by atoms with Crippen molar-refractivity contribution >= 4 is 17.5 Å². The summed E-state index contributed by atoms with van der Waals surface area (Å²) in [6.07, 6.45) is 3.16. The molecular weight excluding hydrogens is 426 g/mol. The highest BCUT2D eigenvalue weighted by molar-refractivity contribution is 6.05. The second-order valence-corrected chi connectivity index (χ2v) is 7.52. The van der Waals surface area contributed by atoms with Gasteiger partial charge in [0.2, 0.25) is 5.95 Å². The zero-order chi connectivity index (χ0) is 22.9. The Kier molecular flexibility index (Phi) is 5.14. The van der Waals surface area contributed by atoms with Crippen LogP contribution < -0.4 is 10.6 Å². The van der Waals surface area contributed by atoms with E-state index in [1.807, 2.05) is 0 Å². The molecule has 7 nitrogen and oxygen atoms in total. The number of allylic oxidation sites excluding steroid dienone is 1. The van der Waals surface area contributed by atoms with E-state index in [1.54, 1.807) is 60.4 Å². The van der Waals surface area contributed by atoms with Crippen LogP contribution in [-0.4, -0.2) is 25.7 Å². The Morgan fingerprint density at radius 2 is 1.73 bits per heavy atom. The zero-order valence-corrected chi connectivity index (χ0v) is 17.5. The van der Waals surface area contributed by atoms with Crippen LogP contribution >= 0.6 is 0 Å². The van der Waals surface area contributed by atoms with Crippen LogP contribution in [0.5, 0.6) is 0 Å². The maximum atomic E-state index is 13.7. The van der Waals surface area contributed by atoms with Crippen molar-refractivity contribution in [3.63, 3.8) is 0 Å². The number of nitrogens with zero attached hydrogens (tertiary/aromatic N) is 4. The molecule has 0 saturated heterocycles. The Morgan fingerprint density at radius 3 is 2.39 bits per heavy atom. The van der Waals surface area contributed by atoms with Crippen LogP contribution in [0.15, 0.2) is 84.3 Å². The molecule has 4 aromatic rings. The number of carbonyl (C=O) groups is 1. The van der Waals surface area contributed by atoms with Crippen LogP contribution in [0.3, 0.4) is 0 Å². The summed E-state index contributed by atoms with van der Waals surface area (Å²) in [5, 5.41) is 10.6. The predicted octanol–water partition coefficient (Wildman–Crippen LogP) is 4.55. The van der Waals surface area contributed by atoms with E-state index >= 15 is 0 Å². The lowest BCUT2D eigenvalue weighted by Crippen LogP contribution is -2.31. The van der Waals surface area contributed by atoms with Crippen LogP contribution in [0.25, 0.3) is 11.4 Å². The predicted molar refractivity (Wildman–Crippen MR) is 119 cm³/mol. The van der Waals surface area contributed by atoms with Gasteiger partial charge in [0.15, 0.2) is 5.82 Å². The van der Waals surface area contributed by atoms with Gasteiger partial charge >= 0.3 is 0 Å². The van der Waals surface area contributed by atoms with Gasteiger partial charge in [0.25, 0.3) is 5.91 Å². The minimum atomic E-state index is -0.666. The molecule has 1 amide bonds. The molecule has 0 fully saturated rings. The summed E-state index contributed by atoms with van der Waals surface area (Å²) in [4.78, 5) is 21.9. The van der Waals surface area contributed by atoms with Crippen molar-refractivity contribution in [3.05, 3.63) is 102 Å². The van der Waals surface area contributed by atoms with Crippen molar-refractivity contribution < 1.29 is 13.6 Å². The highest BCUT2D eigenvalue weighted by Crippen LogP contribution is 2.36. The molecule has 2 N–H and O–H groups in total. The molecule has 5 rings (SSSR count). The van der Waals surface area contributed by atoms with E-state index in [0.717, 1.165) is 0 Å². The summed E-state index contributed by atoms with van der Waals surface area (Å²) >= 11 is 0. The summed E-state index contributed by atoms with van der Waals surface area (Å²) in [5.74, 6) is -0.324. The maximum absolute atomic E-state index is 13.7. The molecule has 164 valence electrons. The fourth-order valence-corrected chi connectivity index (χ4v) is 3.75. The molecule has 9 heteroatoms. The third-order valence-corrected chi connectivity index (χ3v) is 5.30. The second kappa shape index (κ2) is 8.27. The molecule has 0 spiro atoms. The van der Waals surface area contributed by atoms with Gasteiger partial charge in [-0.25, -0.2) is 13.5 Å². The number of hydrogen-bond donors (Lipinski definition) is 2. The minimum absolute atomic E-state index is 0.355. The van der Waals surface area contributed by atoms with E-state index in [2.05, 4.69) is 25.7 Å². The fourth-order valence-electron chi connectivity index (χ4n) is 3.75. The Morgan fingerprint density at radius 1 is 1.03 bits per heavy atom. The van der Waals surface area contributed by atoms with Crippen LogP contribution in [0.2, 0.25) is 0 Å². The topological polar surface area (TPSA) is 84.7 Å². The molecule has 1 aliphatic rings. The van der Waals surface area contributed by atoms with Gasteiger partial charge in [-0.3, -0.25) is 9.78 Å². The van der Waals surface area contributed by atoms with Gasteiger partial charge in [0, 0.05) is 17.5 Å². The first-order valence-corrected chi connectivity index (χ1v) is 10.2. The number of halogens is 2. The average Bonchev–Trinajstić information content (AvgIpc) is 3.23. The highest BCUT2D eigenvalue weighted by atomic mass is 19.1. The first-order valence-electron chi connectivity index (χ1n) is 10.2. The van der Waals surface area contributed by atoms with Crippen LogP contribution in [0.4, 0.5) is 20.4 Å². The molecule has 1 atom stereocenters. The Bertz CT molecular complexity index is 1350. The smallest absolute Gasteiger partial charge is 0.255 e. The van der Waals surface area contributed by atoms with Gasteiger partial charge in [-0.05, 0) is 61.0 Å². The number of amides is 1. The zero-order valence-electron chi connectivity index (χ0n) is 17.5. The number of fused-ring (bicyclic) bond motifs is 1. The third-order valence-electron chi connectivity index (χ3n) is 5.30. The minimum Gasteiger partial charge on any atom is -0.328 e. The number of aromatic nitrogens is 4. The van der Waals surface area contributed by atoms with E-state index < -0.39 is 6.04 Å². The summed E-state index contributed by atoms with van der Waals surface area (Å²) in [6, 6.07) is 14.5. The van der Waals surface area contributed by atoms with E-state index in [9.17, 15) is 13.6 Å². The van der Waals surface area contributed by atoms with Gasteiger partial charge in [0.05, 0.1) is 17.5 Å². The molecule has 2 aromatic carbocycles. The number of pyridine rings is 1. The molecule has 33 heavy (non-hydrogen) atoms. The van der Waals surface area contributed by atoms with Crippen molar-refractivity contribution in [2.45, 2.75) is 13.0 Å². The standard InChI is InChI=1S/C24H18F2N6O/c1-14-20(23(33)29-19-3-2-12-27-13-19)21(15-4-8-17(25)9-5-15)32-24(28-14)30-22(31-32)16-6-10-18(26)11-7-16/h2-13,21H,1H3,(H,29,33)(H,28,30,31). The van der Waals surface area contributed by atoms with Gasteiger partial charge in [-0.1, -0.05) is 12.1 Å². The molecule has 1 aliphatic heterocycles. The van der Waals surface area contributed by atoms with Crippen molar-refractivity contribution in [2.75, 3.05) is 10.6 Å². The Hall–Kier alpha value is -4.40. The molecule has 0 aliphatic carbocycles. The molecule has 0 saturated carbocycles. The lowest BCUT2D eigenvalue weighted by atomic mass is 9.95. The lowest BCUT2D eigenvalue weighted by molar-refractivity contribution is -0.113. The third kappa shape index (κ3) is 3.96. The van der Waals surface area contributed by atoms with E-state index in [0.29, 0.717) is 39.9 Å². The fraction of sp³-hybridized carbons (Fsp3) is 0.0833. The molecule has 2 aromatic heterocycles. The maximum Gasteiger partial charge on any atom is 0.255 e. The Balaban J connectivity index is 1.60. The summed E-state index contributed by atoms with van der Waals surface area (Å²) in [7, 11) is 0. The van der Waals surface area contributed by atoms with Crippen LogP contribution in [0, 0.1) is 11.6 Å². The number of benzene rings is 2. The van der Waals surface area contributed by atoms with Gasteiger partial charge in [-0.2, -0.15) is 4.98 Å². The summed E-state index contributed by atoms with van der Waals surface area (Å²) in [5.41, 5.74) is 2.80. The van der Waals surface area contributed by atoms with Crippen molar-refractivity contribution in [1.82, 2.24) is 19.7 Å². The van der Waals surface area contributed by atoms with E-state index in [1.165, 1.54) is 24.3 Å². The lowest BCUT2D eigenvalue weighted by Gasteiger charge is -2.28. The van der Waals surface area contributed by atoms with Gasteiger partial charge in [0.1, 0.15) is 17.7 Å². The van der Waals surface area contributed by atoms with Crippen molar-refractivity contribution in [1.29, 1.82) is 0 Å². The number of nitrogens with one attached hydrogen (secondary N) is 2. The number of hydrogen-bond acceptors (Lipinski definition) is 5. The summed E-state index contributed by atoms with van der Waals surface area (Å²) in [6.45, 7) is 1.77. The SMILES string of the molecule is CC1=C(C(=O)Nc2cccnc2)C(c2ccc(F)cc2)n2nc(-c3ccc(F)cc3)nc2N1. The van der Waals surface area contributed by atoms with E-state index in [4.69, 9.17) is 0 Å². The number of anilines is 2. The largest absolute Gasteiger partial charge is 0.328 e. The normalized spacial score (nSPS) is 15.1. The number of carbonyl (C=O) groups excluding carboxylic acids is 1. The molecule has 0 radical (unpaired) electrons. The highest BCUT2D eigenvalue weighted by Gasteiger charge is 2.34. The van der Waals surface area contributed by atoms with Gasteiger partial charge < -0.3 is 10.6 Å². The van der Waals surface area contributed by atoms with E-state index in [-0.39, 0.29) is 17.5 Å². The van der Waals surface area contributed by atoms with Crippen molar-refractivity contribution in [3.8, 4) is 11.4 Å². The Labute approximate surface area is 187 Å². The first kappa shape index (κ1) is 20.5. The quantitative estimate of drug-likeness (QED) is 0.483. The molecule has 0 bridgehead atoms. The second-order valence-electron chi connectivity index (χ2n) is 7.52. The monoisotopic (exact) mass is 444 g/mol. The molecular formula is C24H18F2N6O. The van der Waals surface area contributed by atoms with Crippen molar-refractivity contribution in [2.24, 2.45) is 0 Å². The number of rotatable bonds is 4. The molecule has 1 unspecified atom stereocenters. The summed E-state index contributed by atoms with van der Waals surface area (Å²) < 4.78 is 28.6. The molecule has 3 heterocycles. The average molecular weight is 444 g/mol.